The highest BCUT2D eigenvalue weighted by Crippen LogP contribution is 2.31. The normalized spacial score (nSPS) is 16.0. The van der Waals surface area contributed by atoms with Crippen LogP contribution in [0.15, 0.2) is 30.3 Å². The van der Waals surface area contributed by atoms with Gasteiger partial charge in [0.1, 0.15) is 5.54 Å². The van der Waals surface area contributed by atoms with Crippen molar-refractivity contribution < 1.29 is 19.5 Å². The smallest absolute Gasteiger partial charge is 0.328 e. The Morgan fingerprint density at radius 2 is 1.79 bits per heavy atom. The van der Waals surface area contributed by atoms with Gasteiger partial charge in [-0.3, -0.25) is 9.59 Å². The van der Waals surface area contributed by atoms with E-state index in [0.717, 1.165) is 24.5 Å². The fraction of sp³-hybridized carbons (Fsp3) is 0.389. The standard InChI is InChI=1S/C18H22N2O4/c1-2-15(21)20-18(11-3-4-12-18)17(24)19-14-8-5-13(6-9-14)7-10-16(22)23/h5-10H,2-4,11-12H2,1H3,(H,19,24)(H,20,21)(H,22,23)/b10-7+. The van der Waals surface area contributed by atoms with Gasteiger partial charge in [0.15, 0.2) is 0 Å². The third-order valence-electron chi connectivity index (χ3n) is 4.18. The molecule has 0 heterocycles. The van der Waals surface area contributed by atoms with Gasteiger partial charge >= 0.3 is 5.97 Å². The first-order valence-electron chi connectivity index (χ1n) is 8.09. The summed E-state index contributed by atoms with van der Waals surface area (Å²) in [5, 5.41) is 14.3. The van der Waals surface area contributed by atoms with Crippen molar-refractivity contribution >= 4 is 29.5 Å². The minimum atomic E-state index is -1.01. The molecule has 3 N–H and O–H groups in total. The molecule has 0 radical (unpaired) electrons. The lowest BCUT2D eigenvalue weighted by Crippen LogP contribution is -2.54. The van der Waals surface area contributed by atoms with Crippen LogP contribution in [0.4, 0.5) is 5.69 Å². The van der Waals surface area contributed by atoms with E-state index in [1.54, 1.807) is 31.2 Å². The van der Waals surface area contributed by atoms with E-state index in [2.05, 4.69) is 10.6 Å². The van der Waals surface area contributed by atoms with Crippen LogP contribution in [0.3, 0.4) is 0 Å². The molecule has 1 aromatic rings. The quantitative estimate of drug-likeness (QED) is 0.699. The predicted molar refractivity (Wildman–Crippen MR) is 91.4 cm³/mol. The first-order chi connectivity index (χ1) is 11.4. The Bertz CT molecular complexity index is 643. The molecule has 0 aromatic heterocycles. The van der Waals surface area contributed by atoms with Crippen LogP contribution in [0.2, 0.25) is 0 Å². The van der Waals surface area contributed by atoms with Crippen molar-refractivity contribution in [1.29, 1.82) is 0 Å². The van der Waals surface area contributed by atoms with Crippen LogP contribution in [0.1, 0.15) is 44.6 Å². The monoisotopic (exact) mass is 330 g/mol. The number of hydrogen-bond acceptors (Lipinski definition) is 3. The van der Waals surface area contributed by atoms with E-state index in [9.17, 15) is 14.4 Å². The molecule has 1 aliphatic rings. The predicted octanol–water partition coefficient (Wildman–Crippen LogP) is 2.56. The number of rotatable bonds is 6. The summed E-state index contributed by atoms with van der Waals surface area (Å²) in [6.07, 6.45) is 6.00. The van der Waals surface area contributed by atoms with Gasteiger partial charge in [0.05, 0.1) is 0 Å². The van der Waals surface area contributed by atoms with Gasteiger partial charge in [-0.2, -0.15) is 0 Å². The lowest BCUT2D eigenvalue weighted by atomic mass is 9.95. The molecule has 1 aliphatic carbocycles. The zero-order valence-electron chi connectivity index (χ0n) is 13.7. The number of carboxylic acid groups (broad SMARTS) is 1. The van der Waals surface area contributed by atoms with Gasteiger partial charge in [-0.05, 0) is 36.6 Å². The van der Waals surface area contributed by atoms with Crippen LogP contribution in [-0.4, -0.2) is 28.4 Å². The maximum atomic E-state index is 12.7. The molecule has 2 rings (SSSR count). The highest BCUT2D eigenvalue weighted by atomic mass is 16.4. The van der Waals surface area contributed by atoms with E-state index >= 15 is 0 Å². The zero-order valence-corrected chi connectivity index (χ0v) is 13.7. The number of amides is 2. The molecular weight excluding hydrogens is 308 g/mol. The SMILES string of the molecule is CCC(=O)NC1(C(=O)Nc2ccc(/C=C/C(=O)O)cc2)CCCC1. The number of benzene rings is 1. The second-order valence-corrected chi connectivity index (χ2v) is 5.94. The topological polar surface area (TPSA) is 95.5 Å². The Balaban J connectivity index is 2.07. The molecule has 24 heavy (non-hydrogen) atoms. The van der Waals surface area contributed by atoms with E-state index in [0.29, 0.717) is 24.9 Å². The highest BCUT2D eigenvalue weighted by Gasteiger charge is 2.42. The Morgan fingerprint density at radius 1 is 1.17 bits per heavy atom. The van der Waals surface area contributed by atoms with Crippen molar-refractivity contribution in [2.75, 3.05) is 5.32 Å². The van der Waals surface area contributed by atoms with Crippen LogP contribution in [0.25, 0.3) is 6.08 Å². The first kappa shape index (κ1) is 17.7. The summed E-state index contributed by atoms with van der Waals surface area (Å²) in [6.45, 7) is 1.76. The Kier molecular flexibility index (Phi) is 5.73. The molecule has 1 fully saturated rings. The maximum Gasteiger partial charge on any atom is 0.328 e. The van der Waals surface area contributed by atoms with Crippen molar-refractivity contribution in [2.24, 2.45) is 0 Å². The van der Waals surface area contributed by atoms with Crippen LogP contribution in [0.5, 0.6) is 0 Å². The Labute approximate surface area is 140 Å². The van der Waals surface area contributed by atoms with Gasteiger partial charge in [0, 0.05) is 18.2 Å². The first-order valence-corrected chi connectivity index (χ1v) is 8.09. The number of anilines is 1. The fourth-order valence-electron chi connectivity index (χ4n) is 2.84. The molecule has 1 saturated carbocycles. The second kappa shape index (κ2) is 7.77. The van der Waals surface area contributed by atoms with Gasteiger partial charge in [-0.25, -0.2) is 4.79 Å². The van der Waals surface area contributed by atoms with E-state index in [1.165, 1.54) is 6.08 Å². The molecule has 0 saturated heterocycles. The fourth-order valence-corrected chi connectivity index (χ4v) is 2.84. The van der Waals surface area contributed by atoms with Crippen molar-refractivity contribution in [2.45, 2.75) is 44.6 Å². The molecule has 6 nitrogen and oxygen atoms in total. The number of carbonyl (C=O) groups excluding carboxylic acids is 2. The van der Waals surface area contributed by atoms with Crippen LogP contribution in [-0.2, 0) is 14.4 Å². The summed E-state index contributed by atoms with van der Waals surface area (Å²) in [4.78, 5) is 34.9. The minimum absolute atomic E-state index is 0.124. The Morgan fingerprint density at radius 3 is 2.33 bits per heavy atom. The lowest BCUT2D eigenvalue weighted by molar-refractivity contribution is -0.131. The van der Waals surface area contributed by atoms with Gasteiger partial charge < -0.3 is 15.7 Å². The third-order valence-corrected chi connectivity index (χ3v) is 4.18. The molecule has 6 heteroatoms. The Hall–Kier alpha value is -2.63. The van der Waals surface area contributed by atoms with E-state index in [1.807, 2.05) is 0 Å². The molecular formula is C18H22N2O4. The lowest BCUT2D eigenvalue weighted by Gasteiger charge is -2.29. The second-order valence-electron chi connectivity index (χ2n) is 5.94. The average Bonchev–Trinajstić information content (AvgIpc) is 3.03. The van der Waals surface area contributed by atoms with Crippen molar-refractivity contribution in [3.05, 3.63) is 35.9 Å². The molecule has 0 atom stereocenters. The summed E-state index contributed by atoms with van der Waals surface area (Å²) in [5.41, 5.74) is 0.518. The van der Waals surface area contributed by atoms with Crippen molar-refractivity contribution in [1.82, 2.24) is 5.32 Å². The molecule has 1 aromatic carbocycles. The zero-order chi connectivity index (χ0) is 17.6. The number of carboxylic acids is 1. The summed E-state index contributed by atoms with van der Waals surface area (Å²) < 4.78 is 0. The third kappa shape index (κ3) is 4.44. The maximum absolute atomic E-state index is 12.7. The van der Waals surface area contributed by atoms with Crippen LogP contribution < -0.4 is 10.6 Å². The van der Waals surface area contributed by atoms with Gasteiger partial charge in [-0.15, -0.1) is 0 Å². The molecule has 2 amide bonds. The molecule has 0 aliphatic heterocycles. The number of aliphatic carboxylic acids is 1. The summed E-state index contributed by atoms with van der Waals surface area (Å²) >= 11 is 0. The van der Waals surface area contributed by atoms with Crippen molar-refractivity contribution in [3.63, 3.8) is 0 Å². The van der Waals surface area contributed by atoms with Gasteiger partial charge in [0.25, 0.3) is 0 Å². The van der Waals surface area contributed by atoms with Gasteiger partial charge in [-0.1, -0.05) is 31.9 Å². The number of hydrogen-bond donors (Lipinski definition) is 3. The largest absolute Gasteiger partial charge is 0.478 e. The van der Waals surface area contributed by atoms with Crippen LogP contribution in [0, 0.1) is 0 Å². The van der Waals surface area contributed by atoms with Crippen LogP contribution >= 0.6 is 0 Å². The summed E-state index contributed by atoms with van der Waals surface area (Å²) in [5.74, 6) is -1.33. The summed E-state index contributed by atoms with van der Waals surface area (Å²) in [6, 6.07) is 6.87. The van der Waals surface area contributed by atoms with Gasteiger partial charge in [0.2, 0.25) is 11.8 Å². The summed E-state index contributed by atoms with van der Waals surface area (Å²) in [7, 11) is 0. The molecule has 0 unspecified atom stereocenters. The minimum Gasteiger partial charge on any atom is -0.478 e. The van der Waals surface area contributed by atoms with E-state index in [4.69, 9.17) is 5.11 Å². The molecule has 128 valence electrons. The highest BCUT2D eigenvalue weighted by molar-refractivity contribution is 6.00. The molecule has 0 bridgehead atoms. The van der Waals surface area contributed by atoms with E-state index in [-0.39, 0.29) is 11.8 Å². The van der Waals surface area contributed by atoms with E-state index < -0.39 is 11.5 Å². The number of nitrogens with one attached hydrogen (secondary N) is 2. The average molecular weight is 330 g/mol. The number of carbonyl (C=O) groups is 3. The molecule has 0 spiro atoms. The van der Waals surface area contributed by atoms with Crippen molar-refractivity contribution in [3.8, 4) is 0 Å².